The van der Waals surface area contributed by atoms with Crippen LogP contribution in [-0.2, 0) is 10.5 Å². The van der Waals surface area contributed by atoms with Crippen LogP contribution in [0.15, 0.2) is 70.3 Å². The molecule has 4 aromatic rings. The zero-order valence-electron chi connectivity index (χ0n) is 17.1. The Hall–Kier alpha value is -3.63. The molecule has 3 heterocycles. The quantitative estimate of drug-likeness (QED) is 0.212. The predicted octanol–water partition coefficient (Wildman–Crippen LogP) is 4.93. The van der Waals surface area contributed by atoms with Crippen molar-refractivity contribution in [2.75, 3.05) is 10.6 Å². The van der Waals surface area contributed by atoms with Gasteiger partial charge in [-0.3, -0.25) is 14.9 Å². The fourth-order valence-electron chi connectivity index (χ4n) is 3.37. The van der Waals surface area contributed by atoms with Crippen molar-refractivity contribution in [2.45, 2.75) is 10.9 Å². The Bertz CT molecular complexity index is 1390. The summed E-state index contributed by atoms with van der Waals surface area (Å²) in [7, 11) is 0. The summed E-state index contributed by atoms with van der Waals surface area (Å²) in [5.74, 6) is 0.420. The number of thioether (sulfide) groups is 1. The number of halogens is 1. The Morgan fingerprint density at radius 2 is 1.85 bits per heavy atom. The van der Waals surface area contributed by atoms with Gasteiger partial charge in [-0.15, -0.1) is 10.2 Å². The van der Waals surface area contributed by atoms with Gasteiger partial charge in [-0.25, -0.2) is 0 Å². The number of hydrogen-bond acceptors (Lipinski definition) is 5. The molecule has 164 valence electrons. The third-order valence-electron chi connectivity index (χ3n) is 4.98. The second-order valence-corrected chi connectivity index (χ2v) is 9.02. The van der Waals surface area contributed by atoms with E-state index in [0.717, 1.165) is 21.3 Å². The van der Waals surface area contributed by atoms with Crippen LogP contribution in [-0.4, -0.2) is 32.0 Å². The number of carbonyl (C=O) groups excluding carboxylic acids is 2. The van der Waals surface area contributed by atoms with Crippen molar-refractivity contribution in [1.29, 1.82) is 0 Å². The lowest BCUT2D eigenvalue weighted by molar-refractivity contribution is -0.110. The first-order valence-corrected chi connectivity index (χ1v) is 11.8. The Morgan fingerprint density at radius 1 is 1.03 bits per heavy atom. The van der Waals surface area contributed by atoms with E-state index in [9.17, 15) is 9.59 Å². The number of nitrogens with one attached hydrogen (secondary N) is 4. The Kier molecular flexibility index (Phi) is 5.84. The molecular weight excluding hydrogens is 504 g/mol. The Morgan fingerprint density at radius 3 is 2.73 bits per heavy atom. The molecule has 1 aliphatic rings. The van der Waals surface area contributed by atoms with Crippen LogP contribution in [0, 0.1) is 0 Å². The summed E-state index contributed by atoms with van der Waals surface area (Å²) in [6.07, 6.45) is 1.73. The number of H-pyrrole nitrogens is 2. The first-order chi connectivity index (χ1) is 16.1. The summed E-state index contributed by atoms with van der Waals surface area (Å²) < 4.78 is 1.03. The number of anilines is 2. The van der Waals surface area contributed by atoms with Gasteiger partial charge in [0.2, 0.25) is 5.95 Å². The minimum atomic E-state index is -0.366. The molecule has 0 unspecified atom stereocenters. The summed E-state index contributed by atoms with van der Waals surface area (Å²) in [6.45, 7) is 0. The van der Waals surface area contributed by atoms with Crippen molar-refractivity contribution in [1.82, 2.24) is 20.2 Å². The van der Waals surface area contributed by atoms with Crippen LogP contribution in [0.2, 0.25) is 0 Å². The molecule has 10 heteroatoms. The molecule has 0 saturated heterocycles. The molecule has 0 bridgehead atoms. The van der Waals surface area contributed by atoms with Crippen LogP contribution in [0.3, 0.4) is 0 Å². The number of hydrogen-bond donors (Lipinski definition) is 4. The number of benzene rings is 2. The SMILES string of the molecule is O=C1Nc2ccccc2/C1=C/c1ccc(C(=O)Nc2nnc(SCc3ccccc3Br)[nH]2)[nH]1. The summed E-state index contributed by atoms with van der Waals surface area (Å²) >= 11 is 5.01. The molecule has 0 aliphatic carbocycles. The summed E-state index contributed by atoms with van der Waals surface area (Å²) in [5, 5.41) is 14.2. The first kappa shape index (κ1) is 21.2. The standard InChI is InChI=1S/C23H17BrN6O2S/c24-17-7-3-1-5-13(17)12-33-23-28-22(29-30-23)27-21(32)19-10-9-14(25-19)11-16-15-6-2-4-8-18(15)26-20(16)31/h1-11,25H,12H2,(H,26,31)(H2,27,28,29,30,32)/b16-11-. The second kappa shape index (κ2) is 9.08. The molecule has 1 aliphatic heterocycles. The minimum Gasteiger partial charge on any atom is -0.351 e. The predicted molar refractivity (Wildman–Crippen MR) is 132 cm³/mol. The van der Waals surface area contributed by atoms with Crippen LogP contribution in [0.25, 0.3) is 11.6 Å². The average Bonchev–Trinajstić information content (AvgIpc) is 3.53. The lowest BCUT2D eigenvalue weighted by atomic mass is 10.1. The van der Waals surface area contributed by atoms with Crippen molar-refractivity contribution in [3.63, 3.8) is 0 Å². The lowest BCUT2D eigenvalue weighted by Gasteiger charge is -2.01. The van der Waals surface area contributed by atoms with Gasteiger partial charge in [-0.05, 0) is 35.9 Å². The largest absolute Gasteiger partial charge is 0.351 e. The molecule has 0 spiro atoms. The van der Waals surface area contributed by atoms with Crippen molar-refractivity contribution in [3.8, 4) is 0 Å². The van der Waals surface area contributed by atoms with Crippen molar-refractivity contribution in [3.05, 3.63) is 87.7 Å². The smallest absolute Gasteiger partial charge is 0.274 e. The Balaban J connectivity index is 1.24. The van der Waals surface area contributed by atoms with Crippen LogP contribution >= 0.6 is 27.7 Å². The number of nitrogens with zero attached hydrogens (tertiary/aromatic N) is 2. The van der Waals surface area contributed by atoms with Gasteiger partial charge in [-0.1, -0.05) is 64.1 Å². The minimum absolute atomic E-state index is 0.175. The maximum Gasteiger partial charge on any atom is 0.274 e. The van der Waals surface area contributed by atoms with Gasteiger partial charge in [0, 0.05) is 27.2 Å². The number of para-hydroxylation sites is 1. The van der Waals surface area contributed by atoms with Crippen molar-refractivity contribution < 1.29 is 9.59 Å². The van der Waals surface area contributed by atoms with E-state index in [-0.39, 0.29) is 17.8 Å². The van der Waals surface area contributed by atoms with E-state index in [1.54, 1.807) is 18.2 Å². The highest BCUT2D eigenvalue weighted by Gasteiger charge is 2.23. The molecule has 4 N–H and O–H groups in total. The number of aromatic amines is 2. The molecular formula is C23H17BrN6O2S. The van der Waals surface area contributed by atoms with Gasteiger partial charge < -0.3 is 15.3 Å². The van der Waals surface area contributed by atoms with Gasteiger partial charge in [-0.2, -0.15) is 0 Å². The van der Waals surface area contributed by atoms with Gasteiger partial charge in [0.25, 0.3) is 11.8 Å². The van der Waals surface area contributed by atoms with E-state index < -0.39 is 0 Å². The van der Waals surface area contributed by atoms with Gasteiger partial charge >= 0.3 is 0 Å². The highest BCUT2D eigenvalue weighted by Crippen LogP contribution is 2.32. The van der Waals surface area contributed by atoms with Gasteiger partial charge in [0.05, 0.1) is 5.57 Å². The van der Waals surface area contributed by atoms with Crippen molar-refractivity contribution >= 4 is 62.8 Å². The van der Waals surface area contributed by atoms with Crippen LogP contribution < -0.4 is 10.6 Å². The topological polar surface area (TPSA) is 116 Å². The highest BCUT2D eigenvalue weighted by molar-refractivity contribution is 9.10. The molecule has 0 saturated carbocycles. The maximum atomic E-state index is 12.6. The molecule has 0 radical (unpaired) electrons. The number of fused-ring (bicyclic) bond motifs is 1. The zero-order valence-corrected chi connectivity index (χ0v) is 19.5. The highest BCUT2D eigenvalue weighted by atomic mass is 79.9. The van der Waals surface area contributed by atoms with E-state index in [2.05, 4.69) is 46.7 Å². The second-order valence-electron chi connectivity index (χ2n) is 7.20. The van der Waals surface area contributed by atoms with E-state index in [1.165, 1.54) is 11.8 Å². The molecule has 2 amide bonds. The van der Waals surface area contributed by atoms with E-state index in [4.69, 9.17) is 0 Å². The molecule has 0 fully saturated rings. The first-order valence-electron chi connectivity index (χ1n) is 9.98. The summed E-state index contributed by atoms with van der Waals surface area (Å²) in [5.41, 5.74) is 4.27. The molecule has 0 atom stereocenters. The van der Waals surface area contributed by atoms with Crippen LogP contribution in [0.5, 0.6) is 0 Å². The van der Waals surface area contributed by atoms with E-state index >= 15 is 0 Å². The normalized spacial score (nSPS) is 13.7. The van der Waals surface area contributed by atoms with Crippen molar-refractivity contribution in [2.24, 2.45) is 0 Å². The molecule has 5 rings (SSSR count). The fraction of sp³-hybridized carbons (Fsp3) is 0.0435. The van der Waals surface area contributed by atoms with Gasteiger partial charge in [0.1, 0.15) is 5.69 Å². The van der Waals surface area contributed by atoms with Crippen LogP contribution in [0.1, 0.15) is 27.3 Å². The molecule has 2 aromatic heterocycles. The lowest BCUT2D eigenvalue weighted by Crippen LogP contribution is -2.13. The fourth-order valence-corrected chi connectivity index (χ4v) is 4.79. The molecule has 8 nitrogen and oxygen atoms in total. The van der Waals surface area contributed by atoms with E-state index in [0.29, 0.717) is 27.9 Å². The number of amides is 2. The monoisotopic (exact) mass is 520 g/mol. The third-order valence-corrected chi connectivity index (χ3v) is 6.67. The summed E-state index contributed by atoms with van der Waals surface area (Å²) in [6, 6.07) is 18.8. The summed E-state index contributed by atoms with van der Waals surface area (Å²) in [4.78, 5) is 30.9. The maximum absolute atomic E-state index is 12.6. The Labute approximate surface area is 201 Å². The number of aromatic nitrogens is 4. The molecule has 33 heavy (non-hydrogen) atoms. The third kappa shape index (κ3) is 4.62. The van der Waals surface area contributed by atoms with Crippen LogP contribution in [0.4, 0.5) is 11.6 Å². The van der Waals surface area contributed by atoms with E-state index in [1.807, 2.05) is 48.5 Å². The molecule has 2 aromatic carbocycles. The van der Waals surface area contributed by atoms with Gasteiger partial charge in [0.15, 0.2) is 5.16 Å². The zero-order chi connectivity index (χ0) is 22.8. The number of carbonyl (C=O) groups is 2. The average molecular weight is 521 g/mol. The number of rotatable bonds is 6.